The van der Waals surface area contributed by atoms with Crippen LogP contribution in [0.3, 0.4) is 0 Å². The van der Waals surface area contributed by atoms with E-state index >= 15 is 0 Å². The monoisotopic (exact) mass is 638 g/mol. The fraction of sp³-hybridized carbons (Fsp3) is 0.289. The van der Waals surface area contributed by atoms with E-state index in [4.69, 9.17) is 16.3 Å². The second-order valence-corrected chi connectivity index (χ2v) is 12.3. The summed E-state index contributed by atoms with van der Waals surface area (Å²) >= 11 is 6.34. The number of halogens is 1. The normalized spacial score (nSPS) is 21.0. The molecule has 0 aliphatic heterocycles. The van der Waals surface area contributed by atoms with E-state index in [2.05, 4.69) is 10.6 Å². The van der Waals surface area contributed by atoms with Crippen LogP contribution in [0.5, 0.6) is 5.75 Å². The van der Waals surface area contributed by atoms with Gasteiger partial charge in [0.15, 0.2) is 0 Å². The van der Waals surface area contributed by atoms with Gasteiger partial charge in [-0.2, -0.15) is 0 Å². The van der Waals surface area contributed by atoms with Gasteiger partial charge in [0.25, 0.3) is 0 Å². The highest BCUT2D eigenvalue weighted by Gasteiger charge is 2.56. The van der Waals surface area contributed by atoms with E-state index in [1.54, 1.807) is 36.4 Å². The number of ether oxygens (including phenoxy) is 1. The predicted octanol–water partition coefficient (Wildman–Crippen LogP) is 7.36. The fourth-order valence-corrected chi connectivity index (χ4v) is 6.59. The molecule has 4 aromatic rings. The van der Waals surface area contributed by atoms with E-state index < -0.39 is 41.0 Å². The maximum absolute atomic E-state index is 14.2. The van der Waals surface area contributed by atoms with Gasteiger partial charge >= 0.3 is 0 Å². The van der Waals surface area contributed by atoms with Crippen LogP contribution >= 0.6 is 11.6 Å². The molecule has 7 nitrogen and oxygen atoms in total. The number of Topliss-reactive ketones (excluding diaryl/α,β-unsaturated/α-hetero) is 1. The van der Waals surface area contributed by atoms with Crippen molar-refractivity contribution in [1.29, 1.82) is 0 Å². The van der Waals surface area contributed by atoms with Gasteiger partial charge in [-0.05, 0) is 66.8 Å². The number of hydrogen-bond acceptors (Lipinski definition) is 5. The molecule has 8 heteroatoms. The Balaban J connectivity index is 1.56. The zero-order valence-electron chi connectivity index (χ0n) is 26.3. The molecule has 4 aromatic carbocycles. The average molecular weight is 639 g/mol. The molecule has 1 fully saturated rings. The largest absolute Gasteiger partial charge is 0.489 e. The lowest BCUT2D eigenvalue weighted by Crippen LogP contribution is -2.56. The van der Waals surface area contributed by atoms with Gasteiger partial charge in [0.2, 0.25) is 11.8 Å². The number of carbonyl (C=O) groups excluding carboxylic acids is 3. The number of carbonyl (C=O) groups is 3. The smallest absolute Gasteiger partial charge is 0.235 e. The summed E-state index contributed by atoms with van der Waals surface area (Å²) in [6.07, 6.45) is 1.01. The van der Waals surface area contributed by atoms with Gasteiger partial charge < -0.3 is 20.5 Å². The Bertz CT molecular complexity index is 1740. The number of nitrogens with one attached hydrogen (secondary N) is 2. The Hall–Kier alpha value is -4.46. The van der Waals surface area contributed by atoms with E-state index in [9.17, 15) is 19.5 Å². The summed E-state index contributed by atoms with van der Waals surface area (Å²) in [6, 6.07) is 29.3. The Kier molecular flexibility index (Phi) is 10.2. The van der Waals surface area contributed by atoms with Gasteiger partial charge in [-0.15, -0.1) is 0 Å². The third-order valence-corrected chi connectivity index (χ3v) is 9.11. The predicted molar refractivity (Wildman–Crippen MR) is 181 cm³/mol. The first-order valence-corrected chi connectivity index (χ1v) is 16.0. The van der Waals surface area contributed by atoms with Crippen LogP contribution < -0.4 is 15.4 Å². The number of para-hydroxylation sites is 2. The lowest BCUT2D eigenvalue weighted by molar-refractivity contribution is -0.150. The van der Waals surface area contributed by atoms with Gasteiger partial charge in [-0.3, -0.25) is 14.4 Å². The zero-order chi connectivity index (χ0) is 32.8. The van der Waals surface area contributed by atoms with E-state index in [-0.39, 0.29) is 13.0 Å². The summed E-state index contributed by atoms with van der Waals surface area (Å²) in [5.41, 5.74) is 2.66. The lowest BCUT2D eigenvalue weighted by atomic mass is 9.61. The van der Waals surface area contributed by atoms with Crippen LogP contribution in [0.15, 0.2) is 97.1 Å². The highest BCUT2D eigenvalue weighted by molar-refractivity contribution is 6.31. The van der Waals surface area contributed by atoms with E-state index in [0.717, 1.165) is 16.7 Å². The van der Waals surface area contributed by atoms with Gasteiger partial charge in [-0.25, -0.2) is 0 Å². The molecule has 0 spiro atoms. The molecule has 1 aliphatic carbocycles. The number of hydrogen-bond donors (Lipinski definition) is 3. The fourth-order valence-electron chi connectivity index (χ4n) is 6.40. The molecule has 238 valence electrons. The standard InChI is InChI=1S/C38H39ClN2O5/c1-4-24-13-7-10-19-30(24)40-36(43)34-32(42)22-38(3,45)35(37(44)41-31-20-11-8-14-25(31)5-2)33(34)26-16-12-17-28(21-26)46-23-27-15-6-9-18-29(27)39/h6-21,33-35,45H,4-5,22-23H2,1-3H3,(H,40,43)(H,41,44). The molecule has 3 N–H and O–H groups in total. The van der Waals surface area contributed by atoms with Gasteiger partial charge in [0, 0.05) is 34.3 Å². The summed E-state index contributed by atoms with van der Waals surface area (Å²) in [5.74, 6) is -4.36. The number of rotatable bonds is 10. The Morgan fingerprint density at radius 3 is 2.00 bits per heavy atom. The van der Waals surface area contributed by atoms with Crippen LogP contribution in [0.25, 0.3) is 0 Å². The summed E-state index contributed by atoms with van der Waals surface area (Å²) in [6.45, 7) is 5.66. The number of ketones is 1. The molecular weight excluding hydrogens is 600 g/mol. The summed E-state index contributed by atoms with van der Waals surface area (Å²) in [4.78, 5) is 42.2. The minimum absolute atomic E-state index is 0.194. The number of anilines is 2. The highest BCUT2D eigenvalue weighted by Crippen LogP contribution is 2.47. The van der Waals surface area contributed by atoms with Crippen LogP contribution in [0, 0.1) is 11.8 Å². The second-order valence-electron chi connectivity index (χ2n) is 11.9. The number of benzene rings is 4. The molecular formula is C38H39ClN2O5. The molecule has 0 heterocycles. The van der Waals surface area contributed by atoms with Crippen molar-refractivity contribution in [2.24, 2.45) is 11.8 Å². The van der Waals surface area contributed by atoms with Crippen LogP contribution in [-0.2, 0) is 33.8 Å². The number of aliphatic hydroxyl groups is 1. The van der Waals surface area contributed by atoms with Crippen molar-refractivity contribution in [2.75, 3.05) is 10.6 Å². The summed E-state index contributed by atoms with van der Waals surface area (Å²) < 4.78 is 6.09. The molecule has 46 heavy (non-hydrogen) atoms. The van der Waals surface area contributed by atoms with Crippen molar-refractivity contribution in [2.45, 2.75) is 58.2 Å². The van der Waals surface area contributed by atoms with Crippen molar-refractivity contribution >= 4 is 40.6 Å². The minimum atomic E-state index is -1.74. The molecule has 4 atom stereocenters. The van der Waals surface area contributed by atoms with Crippen LogP contribution in [0.4, 0.5) is 11.4 Å². The van der Waals surface area contributed by atoms with Crippen molar-refractivity contribution < 1.29 is 24.2 Å². The first-order valence-electron chi connectivity index (χ1n) is 15.6. The van der Waals surface area contributed by atoms with E-state index in [1.807, 2.05) is 74.5 Å². The van der Waals surface area contributed by atoms with E-state index in [0.29, 0.717) is 40.6 Å². The maximum Gasteiger partial charge on any atom is 0.235 e. The Morgan fingerprint density at radius 2 is 1.39 bits per heavy atom. The van der Waals surface area contributed by atoms with Crippen LogP contribution in [-0.4, -0.2) is 28.3 Å². The number of aryl methyl sites for hydroxylation is 2. The second kappa shape index (κ2) is 14.3. The molecule has 0 bridgehead atoms. The SMILES string of the molecule is CCc1ccccc1NC(=O)C1C(=O)CC(C)(O)C(C(=O)Nc2ccccc2CC)C1c1cccc(OCc2ccccc2Cl)c1. The topological polar surface area (TPSA) is 105 Å². The Morgan fingerprint density at radius 1 is 0.826 bits per heavy atom. The average Bonchev–Trinajstić information content (AvgIpc) is 3.04. The third-order valence-electron chi connectivity index (χ3n) is 8.74. The van der Waals surface area contributed by atoms with Crippen molar-refractivity contribution in [3.05, 3.63) is 124 Å². The van der Waals surface area contributed by atoms with Gasteiger partial charge in [0.05, 0.1) is 11.5 Å². The van der Waals surface area contributed by atoms with Gasteiger partial charge in [0.1, 0.15) is 24.1 Å². The molecule has 4 unspecified atom stereocenters. The zero-order valence-corrected chi connectivity index (χ0v) is 27.0. The van der Waals surface area contributed by atoms with E-state index in [1.165, 1.54) is 6.92 Å². The molecule has 0 aromatic heterocycles. The van der Waals surface area contributed by atoms with Crippen molar-refractivity contribution in [3.8, 4) is 5.75 Å². The molecule has 1 aliphatic rings. The highest BCUT2D eigenvalue weighted by atomic mass is 35.5. The first-order chi connectivity index (χ1) is 22.1. The van der Waals surface area contributed by atoms with Gasteiger partial charge in [-0.1, -0.05) is 92.2 Å². The summed E-state index contributed by atoms with van der Waals surface area (Å²) in [7, 11) is 0. The lowest BCUT2D eigenvalue weighted by Gasteiger charge is -2.44. The molecule has 1 saturated carbocycles. The minimum Gasteiger partial charge on any atom is -0.489 e. The molecule has 0 radical (unpaired) electrons. The number of amides is 2. The van der Waals surface area contributed by atoms with Crippen molar-refractivity contribution in [1.82, 2.24) is 0 Å². The quantitative estimate of drug-likeness (QED) is 0.157. The third kappa shape index (κ3) is 7.16. The van der Waals surface area contributed by atoms with Crippen molar-refractivity contribution in [3.63, 3.8) is 0 Å². The Labute approximate surface area is 275 Å². The molecule has 0 saturated heterocycles. The molecule has 2 amide bonds. The van der Waals surface area contributed by atoms with Crippen LogP contribution in [0.2, 0.25) is 5.02 Å². The first kappa shape index (κ1) is 32.9. The van der Waals surface area contributed by atoms with Crippen LogP contribution in [0.1, 0.15) is 55.4 Å². The molecule has 5 rings (SSSR count). The maximum atomic E-state index is 14.2. The summed E-state index contributed by atoms with van der Waals surface area (Å²) in [5, 5.41) is 18.3.